The highest BCUT2D eigenvalue weighted by molar-refractivity contribution is 9.10. The fraction of sp³-hybridized carbons (Fsp3) is 0.273. The molecule has 0 aliphatic heterocycles. The highest BCUT2D eigenvalue weighted by Crippen LogP contribution is 2.28. The van der Waals surface area contributed by atoms with Crippen LogP contribution in [-0.4, -0.2) is 7.11 Å². The third-order valence-corrected chi connectivity index (χ3v) is 2.58. The van der Waals surface area contributed by atoms with Crippen molar-refractivity contribution in [1.29, 1.82) is 0 Å². The minimum absolute atomic E-state index is 0.127. The molecule has 1 nitrogen and oxygen atoms in total. The van der Waals surface area contributed by atoms with E-state index in [0.29, 0.717) is 0 Å². The zero-order valence-corrected chi connectivity index (χ0v) is 9.26. The molecule has 1 atom stereocenters. The molecule has 0 spiro atoms. The lowest BCUT2D eigenvalue weighted by Crippen LogP contribution is -1.91. The first kappa shape index (κ1) is 10.1. The van der Waals surface area contributed by atoms with Crippen LogP contribution in [0.15, 0.2) is 22.7 Å². The third kappa shape index (κ3) is 2.26. The van der Waals surface area contributed by atoms with Crippen LogP contribution in [0.3, 0.4) is 0 Å². The van der Waals surface area contributed by atoms with Gasteiger partial charge in [-0.2, -0.15) is 0 Å². The minimum atomic E-state index is 0.127. The second-order valence-corrected chi connectivity index (χ2v) is 3.64. The van der Waals surface area contributed by atoms with Gasteiger partial charge in [-0.3, -0.25) is 0 Å². The van der Waals surface area contributed by atoms with Crippen LogP contribution in [0.5, 0.6) is 5.75 Å². The van der Waals surface area contributed by atoms with Crippen LogP contribution in [0.1, 0.15) is 18.4 Å². The van der Waals surface area contributed by atoms with Gasteiger partial charge in [-0.15, -0.1) is 6.42 Å². The molecular weight excluding hydrogens is 228 g/mol. The molecule has 0 N–H and O–H groups in total. The Morgan fingerprint density at radius 2 is 2.23 bits per heavy atom. The van der Waals surface area contributed by atoms with E-state index in [4.69, 9.17) is 11.2 Å². The molecule has 13 heavy (non-hydrogen) atoms. The van der Waals surface area contributed by atoms with E-state index in [1.54, 1.807) is 7.11 Å². The molecule has 1 unspecified atom stereocenters. The highest BCUT2D eigenvalue weighted by atomic mass is 79.9. The summed E-state index contributed by atoms with van der Waals surface area (Å²) in [6.07, 6.45) is 5.33. The van der Waals surface area contributed by atoms with Crippen LogP contribution in [0.2, 0.25) is 0 Å². The lowest BCUT2D eigenvalue weighted by molar-refractivity contribution is 0.411. The largest absolute Gasteiger partial charge is 0.496 e. The van der Waals surface area contributed by atoms with Crippen molar-refractivity contribution in [2.45, 2.75) is 12.8 Å². The second kappa shape index (κ2) is 4.34. The van der Waals surface area contributed by atoms with Gasteiger partial charge in [0, 0.05) is 5.92 Å². The molecule has 68 valence electrons. The van der Waals surface area contributed by atoms with E-state index in [1.165, 1.54) is 0 Å². The summed E-state index contributed by atoms with van der Waals surface area (Å²) in [4.78, 5) is 0. The minimum Gasteiger partial charge on any atom is -0.496 e. The molecule has 0 aliphatic rings. The topological polar surface area (TPSA) is 9.23 Å². The maximum Gasteiger partial charge on any atom is 0.133 e. The maximum atomic E-state index is 5.33. The fourth-order valence-corrected chi connectivity index (χ4v) is 1.45. The van der Waals surface area contributed by atoms with E-state index in [0.717, 1.165) is 15.8 Å². The van der Waals surface area contributed by atoms with Crippen molar-refractivity contribution in [2.24, 2.45) is 0 Å². The maximum absolute atomic E-state index is 5.33. The van der Waals surface area contributed by atoms with Gasteiger partial charge in [-0.25, -0.2) is 0 Å². The van der Waals surface area contributed by atoms with E-state index in [2.05, 4.69) is 21.9 Å². The molecule has 0 saturated heterocycles. The van der Waals surface area contributed by atoms with Crippen molar-refractivity contribution in [3.8, 4) is 18.1 Å². The van der Waals surface area contributed by atoms with E-state index in [1.807, 2.05) is 25.1 Å². The summed E-state index contributed by atoms with van der Waals surface area (Å²) in [5.41, 5.74) is 1.10. The van der Waals surface area contributed by atoms with Crippen LogP contribution in [0.25, 0.3) is 0 Å². The Morgan fingerprint density at radius 1 is 1.54 bits per heavy atom. The molecule has 0 aliphatic carbocycles. The molecular formula is C11H11BrO. The Balaban J connectivity index is 3.08. The molecule has 0 saturated carbocycles. The summed E-state index contributed by atoms with van der Waals surface area (Å²) in [5.74, 6) is 3.63. The van der Waals surface area contributed by atoms with Crippen molar-refractivity contribution >= 4 is 15.9 Å². The van der Waals surface area contributed by atoms with Gasteiger partial charge in [0.25, 0.3) is 0 Å². The van der Waals surface area contributed by atoms with Crippen LogP contribution >= 0.6 is 15.9 Å². The summed E-state index contributed by atoms with van der Waals surface area (Å²) < 4.78 is 6.11. The molecule has 2 heteroatoms. The van der Waals surface area contributed by atoms with Gasteiger partial charge in [0.1, 0.15) is 5.75 Å². The lowest BCUT2D eigenvalue weighted by Gasteiger charge is -2.08. The van der Waals surface area contributed by atoms with E-state index < -0.39 is 0 Å². The van der Waals surface area contributed by atoms with Crippen LogP contribution in [0, 0.1) is 12.3 Å². The van der Waals surface area contributed by atoms with Crippen molar-refractivity contribution in [1.82, 2.24) is 0 Å². The predicted molar refractivity (Wildman–Crippen MR) is 57.9 cm³/mol. The molecule has 0 fully saturated rings. The Kier molecular flexibility index (Phi) is 3.39. The summed E-state index contributed by atoms with van der Waals surface area (Å²) in [6, 6.07) is 5.90. The normalized spacial score (nSPS) is 11.8. The van der Waals surface area contributed by atoms with Gasteiger partial charge < -0.3 is 4.74 Å². The van der Waals surface area contributed by atoms with Crippen LogP contribution in [-0.2, 0) is 0 Å². The molecule has 0 aromatic heterocycles. The molecule has 1 aromatic carbocycles. The molecule has 1 aromatic rings. The molecule has 0 radical (unpaired) electrons. The number of terminal acetylenes is 1. The first-order valence-electron chi connectivity index (χ1n) is 3.98. The van der Waals surface area contributed by atoms with Gasteiger partial charge in [-0.1, -0.05) is 12.0 Å². The smallest absolute Gasteiger partial charge is 0.133 e. The first-order chi connectivity index (χ1) is 6.19. The summed E-state index contributed by atoms with van der Waals surface area (Å²) in [6.45, 7) is 1.99. The van der Waals surface area contributed by atoms with Gasteiger partial charge in [-0.05, 0) is 40.5 Å². The molecule has 0 heterocycles. The average molecular weight is 239 g/mol. The molecule has 0 amide bonds. The Morgan fingerprint density at radius 3 is 2.77 bits per heavy atom. The number of hydrogen-bond acceptors (Lipinski definition) is 1. The fourth-order valence-electron chi connectivity index (χ4n) is 1.04. The van der Waals surface area contributed by atoms with Gasteiger partial charge in [0.05, 0.1) is 11.6 Å². The van der Waals surface area contributed by atoms with E-state index in [9.17, 15) is 0 Å². The van der Waals surface area contributed by atoms with Gasteiger partial charge >= 0.3 is 0 Å². The zero-order valence-electron chi connectivity index (χ0n) is 7.67. The number of halogens is 1. The standard InChI is InChI=1S/C11H11BrO/c1-4-8(2)9-5-6-10(12)11(7-9)13-3/h1,5-8H,2-3H3. The Labute approximate surface area is 87.2 Å². The van der Waals surface area contributed by atoms with Crippen molar-refractivity contribution in [3.05, 3.63) is 28.2 Å². The van der Waals surface area contributed by atoms with E-state index in [-0.39, 0.29) is 5.92 Å². The molecule has 0 bridgehead atoms. The lowest BCUT2D eigenvalue weighted by atomic mass is 10.0. The summed E-state index contributed by atoms with van der Waals surface area (Å²) >= 11 is 3.38. The highest BCUT2D eigenvalue weighted by Gasteiger charge is 2.05. The van der Waals surface area contributed by atoms with Crippen LogP contribution < -0.4 is 4.74 Å². The van der Waals surface area contributed by atoms with Crippen molar-refractivity contribution in [3.63, 3.8) is 0 Å². The predicted octanol–water partition coefficient (Wildman–Crippen LogP) is 3.19. The summed E-state index contributed by atoms with van der Waals surface area (Å²) in [7, 11) is 1.64. The zero-order chi connectivity index (χ0) is 9.84. The Bertz CT molecular complexity index is 338. The average Bonchev–Trinajstić information content (AvgIpc) is 2.17. The Hall–Kier alpha value is -0.940. The number of methoxy groups -OCH3 is 1. The van der Waals surface area contributed by atoms with Crippen molar-refractivity contribution < 1.29 is 4.74 Å². The van der Waals surface area contributed by atoms with Gasteiger partial charge in [0.2, 0.25) is 0 Å². The quantitative estimate of drug-likeness (QED) is 0.720. The summed E-state index contributed by atoms with van der Waals surface area (Å²) in [5, 5.41) is 0. The van der Waals surface area contributed by atoms with Gasteiger partial charge in [0.15, 0.2) is 0 Å². The second-order valence-electron chi connectivity index (χ2n) is 2.78. The van der Waals surface area contributed by atoms with Crippen LogP contribution in [0.4, 0.5) is 0 Å². The van der Waals surface area contributed by atoms with E-state index >= 15 is 0 Å². The number of hydrogen-bond donors (Lipinski definition) is 0. The molecule has 1 rings (SSSR count). The SMILES string of the molecule is C#CC(C)c1ccc(Br)c(OC)c1. The monoisotopic (exact) mass is 238 g/mol. The number of rotatable bonds is 2. The number of ether oxygens (including phenoxy) is 1. The third-order valence-electron chi connectivity index (χ3n) is 1.93. The van der Waals surface area contributed by atoms with Crippen molar-refractivity contribution in [2.75, 3.05) is 7.11 Å². The first-order valence-corrected chi connectivity index (χ1v) is 4.78. The number of benzene rings is 1.